The van der Waals surface area contributed by atoms with Crippen LogP contribution in [0.3, 0.4) is 0 Å². The molecule has 1 aliphatic carbocycles. The second-order valence-corrected chi connectivity index (χ2v) is 8.86. The fraction of sp³-hybridized carbons (Fsp3) is 0.300. The molecule has 0 fully saturated rings. The number of fused-ring (bicyclic) bond motifs is 1. The topological polar surface area (TPSA) is 91.9 Å². The molecule has 0 radical (unpaired) electrons. The van der Waals surface area contributed by atoms with E-state index in [1.54, 1.807) is 28.7 Å². The summed E-state index contributed by atoms with van der Waals surface area (Å²) in [7, 11) is 0. The summed E-state index contributed by atoms with van der Waals surface area (Å²) in [5, 5.41) is 26.4. The molecule has 3 aromatic rings. The van der Waals surface area contributed by atoms with Crippen molar-refractivity contribution in [2.24, 2.45) is 0 Å². The Morgan fingerprint density at radius 1 is 1.43 bits per heavy atom. The van der Waals surface area contributed by atoms with Crippen LogP contribution in [0.4, 0.5) is 5.69 Å². The standard InChI is InChI=1S/C20H18N4O2S2/c1-12-18-20(28-19(12)15-6-2-3-7-17(15)24(25)26)16(9-13(10-21)23-18)22-11-14-5-4-8-27-14/h2-5,8-9,15,17H,6-7,11H2,1H3,(H,22,23)/t15-,17-/m0/s1. The SMILES string of the molecule is Cc1c([C@H]2CC=CC[C@@H]2[N+](=O)[O-])sc2c(NCc3cccs3)cc(C#N)nc12. The number of hydrogen-bond acceptors (Lipinski definition) is 7. The van der Waals surface area contributed by atoms with Gasteiger partial charge < -0.3 is 5.32 Å². The summed E-state index contributed by atoms with van der Waals surface area (Å²) in [5.74, 6) is -0.158. The van der Waals surface area contributed by atoms with Crippen molar-refractivity contribution in [2.75, 3.05) is 5.32 Å². The molecule has 0 saturated carbocycles. The van der Waals surface area contributed by atoms with Gasteiger partial charge in [-0.05, 0) is 36.4 Å². The third kappa shape index (κ3) is 3.39. The summed E-state index contributed by atoms with van der Waals surface area (Å²) in [6, 6.07) is 7.35. The van der Waals surface area contributed by atoms with E-state index in [9.17, 15) is 15.4 Å². The number of allylic oxidation sites excluding steroid dienone is 1. The highest BCUT2D eigenvalue weighted by molar-refractivity contribution is 7.20. The zero-order chi connectivity index (χ0) is 19.7. The molecule has 0 bridgehead atoms. The first-order chi connectivity index (χ1) is 13.6. The molecule has 1 aliphatic rings. The first kappa shape index (κ1) is 18.6. The predicted octanol–water partition coefficient (Wildman–Crippen LogP) is 5.23. The Morgan fingerprint density at radius 3 is 2.96 bits per heavy atom. The minimum Gasteiger partial charge on any atom is -0.379 e. The lowest BCUT2D eigenvalue weighted by molar-refractivity contribution is -0.526. The van der Waals surface area contributed by atoms with Gasteiger partial charge in [0, 0.05) is 27.6 Å². The molecule has 0 saturated heterocycles. The monoisotopic (exact) mass is 410 g/mol. The lowest BCUT2D eigenvalue weighted by Crippen LogP contribution is -2.28. The summed E-state index contributed by atoms with van der Waals surface area (Å²) in [5.41, 5.74) is 2.93. The average Bonchev–Trinajstić information content (AvgIpc) is 3.34. The highest BCUT2D eigenvalue weighted by Gasteiger charge is 2.36. The quantitative estimate of drug-likeness (QED) is 0.353. The third-order valence-electron chi connectivity index (χ3n) is 5.06. The maximum absolute atomic E-state index is 11.6. The molecule has 3 heterocycles. The molecule has 28 heavy (non-hydrogen) atoms. The van der Waals surface area contributed by atoms with Crippen LogP contribution in [0.2, 0.25) is 0 Å². The fourth-order valence-electron chi connectivity index (χ4n) is 3.65. The maximum atomic E-state index is 11.6. The van der Waals surface area contributed by atoms with Crippen molar-refractivity contribution in [2.45, 2.75) is 38.3 Å². The van der Waals surface area contributed by atoms with Crippen LogP contribution in [0.15, 0.2) is 35.7 Å². The van der Waals surface area contributed by atoms with Crippen molar-refractivity contribution < 1.29 is 4.92 Å². The van der Waals surface area contributed by atoms with Crippen LogP contribution in [-0.2, 0) is 6.54 Å². The number of hydrogen-bond donors (Lipinski definition) is 1. The van der Waals surface area contributed by atoms with E-state index in [-0.39, 0.29) is 10.8 Å². The first-order valence-electron chi connectivity index (χ1n) is 8.97. The van der Waals surface area contributed by atoms with E-state index in [0.29, 0.717) is 25.1 Å². The van der Waals surface area contributed by atoms with E-state index in [4.69, 9.17) is 0 Å². The number of pyridine rings is 1. The van der Waals surface area contributed by atoms with Gasteiger partial charge in [0.05, 0.1) is 21.8 Å². The third-order valence-corrected chi connectivity index (χ3v) is 7.39. The highest BCUT2D eigenvalue weighted by Crippen LogP contribution is 2.43. The number of nitrogens with zero attached hydrogens (tertiary/aromatic N) is 3. The smallest absolute Gasteiger partial charge is 0.224 e. The Kier molecular flexibility index (Phi) is 5.11. The predicted molar refractivity (Wildman–Crippen MR) is 113 cm³/mol. The fourth-order valence-corrected chi connectivity index (χ4v) is 5.70. The molecule has 0 aliphatic heterocycles. The van der Waals surface area contributed by atoms with Crippen LogP contribution in [0, 0.1) is 28.4 Å². The van der Waals surface area contributed by atoms with E-state index < -0.39 is 6.04 Å². The van der Waals surface area contributed by atoms with Crippen molar-refractivity contribution in [1.29, 1.82) is 5.26 Å². The maximum Gasteiger partial charge on any atom is 0.224 e. The molecule has 0 unspecified atom stereocenters. The number of thiophene rings is 2. The Labute approximate surface area is 170 Å². The van der Waals surface area contributed by atoms with Gasteiger partial charge in [0.15, 0.2) is 0 Å². The average molecular weight is 411 g/mol. The number of aromatic nitrogens is 1. The van der Waals surface area contributed by atoms with Crippen molar-refractivity contribution in [3.63, 3.8) is 0 Å². The van der Waals surface area contributed by atoms with Crippen LogP contribution >= 0.6 is 22.7 Å². The number of anilines is 1. The Hall–Kier alpha value is -2.76. The van der Waals surface area contributed by atoms with Crippen LogP contribution in [0.1, 0.15) is 39.8 Å². The molecule has 0 aromatic carbocycles. The van der Waals surface area contributed by atoms with Crippen LogP contribution < -0.4 is 5.32 Å². The molecule has 2 atom stereocenters. The van der Waals surface area contributed by atoms with Gasteiger partial charge in [-0.25, -0.2) is 4.98 Å². The number of aryl methyl sites for hydroxylation is 1. The second-order valence-electron chi connectivity index (χ2n) is 6.77. The van der Waals surface area contributed by atoms with Gasteiger partial charge in [-0.2, -0.15) is 5.26 Å². The molecule has 8 heteroatoms. The van der Waals surface area contributed by atoms with E-state index in [1.807, 2.05) is 30.5 Å². The molecule has 1 N–H and O–H groups in total. The summed E-state index contributed by atoms with van der Waals surface area (Å²) in [6.45, 7) is 2.62. The molecule has 4 rings (SSSR count). The molecule has 6 nitrogen and oxygen atoms in total. The zero-order valence-corrected chi connectivity index (χ0v) is 16.8. The summed E-state index contributed by atoms with van der Waals surface area (Å²) in [4.78, 5) is 18.1. The highest BCUT2D eigenvalue weighted by atomic mass is 32.1. The van der Waals surface area contributed by atoms with Gasteiger partial charge in [-0.1, -0.05) is 18.2 Å². The van der Waals surface area contributed by atoms with Crippen molar-refractivity contribution in [3.8, 4) is 6.07 Å². The van der Waals surface area contributed by atoms with Crippen molar-refractivity contribution in [1.82, 2.24) is 4.98 Å². The molecule has 0 amide bonds. The molecular weight excluding hydrogens is 392 g/mol. The number of rotatable bonds is 5. The van der Waals surface area contributed by atoms with Gasteiger partial charge in [0.1, 0.15) is 11.8 Å². The molecule has 0 spiro atoms. The Morgan fingerprint density at radius 2 is 2.25 bits per heavy atom. The number of nitriles is 1. The molecular formula is C20H18N4O2S2. The van der Waals surface area contributed by atoms with Crippen molar-refractivity contribution >= 4 is 38.6 Å². The van der Waals surface area contributed by atoms with E-state index >= 15 is 0 Å². The zero-order valence-electron chi connectivity index (χ0n) is 15.2. The largest absolute Gasteiger partial charge is 0.379 e. The lowest BCUT2D eigenvalue weighted by atomic mass is 9.87. The lowest BCUT2D eigenvalue weighted by Gasteiger charge is -2.21. The Bertz CT molecular complexity index is 1100. The van der Waals surface area contributed by atoms with Crippen LogP contribution in [0.5, 0.6) is 0 Å². The van der Waals surface area contributed by atoms with Crippen LogP contribution in [-0.4, -0.2) is 15.9 Å². The summed E-state index contributed by atoms with van der Waals surface area (Å²) >= 11 is 3.24. The summed E-state index contributed by atoms with van der Waals surface area (Å²) < 4.78 is 0.958. The Balaban J connectivity index is 1.78. The van der Waals surface area contributed by atoms with Gasteiger partial charge in [-0.15, -0.1) is 22.7 Å². The number of nitrogens with one attached hydrogen (secondary N) is 1. The summed E-state index contributed by atoms with van der Waals surface area (Å²) in [6.07, 6.45) is 5.03. The van der Waals surface area contributed by atoms with Gasteiger partial charge in [-0.3, -0.25) is 10.1 Å². The second kappa shape index (κ2) is 7.70. The molecule has 3 aromatic heterocycles. The normalized spacial score (nSPS) is 18.9. The molecule has 142 valence electrons. The van der Waals surface area contributed by atoms with Crippen molar-refractivity contribution in [3.05, 3.63) is 66.9 Å². The van der Waals surface area contributed by atoms with E-state index in [2.05, 4.69) is 22.4 Å². The van der Waals surface area contributed by atoms with Gasteiger partial charge >= 0.3 is 0 Å². The van der Waals surface area contributed by atoms with Gasteiger partial charge in [0.25, 0.3) is 0 Å². The van der Waals surface area contributed by atoms with Gasteiger partial charge in [0.2, 0.25) is 6.04 Å². The first-order valence-corrected chi connectivity index (χ1v) is 10.7. The minimum atomic E-state index is -0.616. The minimum absolute atomic E-state index is 0.158. The number of nitro groups is 1. The van der Waals surface area contributed by atoms with E-state index in [0.717, 1.165) is 26.3 Å². The van der Waals surface area contributed by atoms with E-state index in [1.165, 1.54) is 4.88 Å². The van der Waals surface area contributed by atoms with Crippen LogP contribution in [0.25, 0.3) is 10.2 Å².